The first-order valence-electron chi connectivity index (χ1n) is 9.78. The molecule has 1 atom stereocenters. The molecule has 2 fully saturated rings. The van der Waals surface area contributed by atoms with Crippen molar-refractivity contribution in [2.24, 2.45) is 0 Å². The molecular formula is C23H19N3O3S2. The van der Waals surface area contributed by atoms with Crippen LogP contribution in [0, 0.1) is 6.92 Å². The highest BCUT2D eigenvalue weighted by molar-refractivity contribution is 8.20. The topological polar surface area (TPSA) is 66.7 Å². The predicted molar refractivity (Wildman–Crippen MR) is 126 cm³/mol. The minimum Gasteiger partial charge on any atom is -0.354 e. The van der Waals surface area contributed by atoms with E-state index in [1.165, 1.54) is 23.5 Å². The van der Waals surface area contributed by atoms with Crippen LogP contribution in [0.4, 0.5) is 11.4 Å². The molecule has 1 unspecified atom stereocenters. The molecule has 2 saturated heterocycles. The molecule has 3 heterocycles. The standard InChI is InChI=1S/C23H19N3O3S2/c1-16-22(19(29-24-16)13-12-17-8-4-2-5-9-17)26-21(28)15-31-23(26)25(20(27)14-30-23)18-10-6-3-7-11-18/h2-13H,14-15H2,1H3/b13-12+. The highest BCUT2D eigenvalue weighted by atomic mass is 32.2. The van der Waals surface area contributed by atoms with Crippen LogP contribution in [0.3, 0.4) is 0 Å². The monoisotopic (exact) mass is 449 g/mol. The maximum atomic E-state index is 13.2. The van der Waals surface area contributed by atoms with Gasteiger partial charge in [0.25, 0.3) is 0 Å². The van der Waals surface area contributed by atoms with Gasteiger partial charge in [-0.25, -0.2) is 0 Å². The number of para-hydroxylation sites is 1. The number of amides is 2. The van der Waals surface area contributed by atoms with Crippen molar-refractivity contribution in [3.05, 3.63) is 77.7 Å². The Kier molecular flexibility index (Phi) is 5.11. The van der Waals surface area contributed by atoms with Crippen molar-refractivity contribution in [1.82, 2.24) is 5.16 Å². The molecule has 1 spiro atoms. The van der Waals surface area contributed by atoms with Gasteiger partial charge >= 0.3 is 0 Å². The van der Waals surface area contributed by atoms with Crippen LogP contribution in [0.15, 0.2) is 65.2 Å². The Morgan fingerprint density at radius 1 is 0.903 bits per heavy atom. The van der Waals surface area contributed by atoms with E-state index in [4.69, 9.17) is 4.52 Å². The van der Waals surface area contributed by atoms with Crippen LogP contribution in [0.2, 0.25) is 0 Å². The Balaban J connectivity index is 1.60. The van der Waals surface area contributed by atoms with Gasteiger partial charge in [0.1, 0.15) is 11.4 Å². The summed E-state index contributed by atoms with van der Waals surface area (Å²) in [6, 6.07) is 19.3. The van der Waals surface area contributed by atoms with Crippen LogP contribution in [0.1, 0.15) is 17.0 Å². The lowest BCUT2D eigenvalue weighted by Crippen LogP contribution is -2.53. The number of rotatable bonds is 4. The van der Waals surface area contributed by atoms with Crippen molar-refractivity contribution in [3.8, 4) is 0 Å². The fourth-order valence-electron chi connectivity index (χ4n) is 3.81. The molecule has 8 heteroatoms. The molecule has 2 aliphatic rings. The second kappa shape index (κ2) is 7.94. The maximum Gasteiger partial charge on any atom is 0.240 e. The van der Waals surface area contributed by atoms with Crippen molar-refractivity contribution in [1.29, 1.82) is 0 Å². The zero-order valence-corrected chi connectivity index (χ0v) is 18.4. The third-order valence-corrected chi connectivity index (χ3v) is 8.13. The van der Waals surface area contributed by atoms with Crippen LogP contribution in [-0.4, -0.2) is 32.8 Å². The van der Waals surface area contributed by atoms with Crippen LogP contribution in [-0.2, 0) is 9.59 Å². The third kappa shape index (κ3) is 3.36. The largest absolute Gasteiger partial charge is 0.354 e. The zero-order valence-electron chi connectivity index (χ0n) is 16.7. The van der Waals surface area contributed by atoms with Crippen molar-refractivity contribution >= 4 is 58.9 Å². The molecule has 0 bridgehead atoms. The second-order valence-electron chi connectivity index (χ2n) is 7.14. The molecule has 5 rings (SSSR count). The third-order valence-electron chi connectivity index (χ3n) is 5.15. The number of carbonyl (C=O) groups excluding carboxylic acids is 2. The SMILES string of the molecule is Cc1noc(/C=C/c2ccccc2)c1N1C(=O)CSC12SCC(=O)N2c1ccccc1. The van der Waals surface area contributed by atoms with Crippen LogP contribution in [0.25, 0.3) is 12.2 Å². The second-order valence-corrected chi connectivity index (χ2v) is 9.70. The van der Waals surface area contributed by atoms with E-state index in [2.05, 4.69) is 5.16 Å². The van der Waals surface area contributed by atoms with Gasteiger partial charge in [0, 0.05) is 5.69 Å². The summed E-state index contributed by atoms with van der Waals surface area (Å²) in [6.45, 7) is 1.82. The summed E-state index contributed by atoms with van der Waals surface area (Å²) in [5, 5.41) is 4.14. The Hall–Kier alpha value is -2.97. The summed E-state index contributed by atoms with van der Waals surface area (Å²) < 4.78 is 4.69. The molecule has 0 aliphatic carbocycles. The van der Waals surface area contributed by atoms with Crippen molar-refractivity contribution in [2.75, 3.05) is 21.3 Å². The van der Waals surface area contributed by atoms with E-state index in [1.807, 2.05) is 79.7 Å². The number of aromatic nitrogens is 1. The average molecular weight is 450 g/mol. The number of aryl methyl sites for hydroxylation is 1. The number of hydrogen-bond donors (Lipinski definition) is 0. The van der Waals surface area contributed by atoms with E-state index >= 15 is 0 Å². The van der Waals surface area contributed by atoms with Crippen molar-refractivity contribution in [3.63, 3.8) is 0 Å². The first kappa shape index (κ1) is 20.0. The first-order valence-corrected chi connectivity index (χ1v) is 11.8. The minimum absolute atomic E-state index is 0.0288. The summed E-state index contributed by atoms with van der Waals surface area (Å²) in [7, 11) is 0. The van der Waals surface area contributed by atoms with Gasteiger partial charge in [0.15, 0.2) is 5.76 Å². The fourth-order valence-corrected chi connectivity index (χ4v) is 6.69. The number of hydrogen-bond acceptors (Lipinski definition) is 6. The molecule has 6 nitrogen and oxygen atoms in total. The van der Waals surface area contributed by atoms with E-state index in [-0.39, 0.29) is 17.6 Å². The molecule has 156 valence electrons. The Morgan fingerprint density at radius 2 is 1.52 bits per heavy atom. The first-order chi connectivity index (χ1) is 15.1. The summed E-state index contributed by atoms with van der Waals surface area (Å²) in [6.07, 6.45) is 3.74. The fraction of sp³-hybridized carbons (Fsp3) is 0.174. The molecule has 31 heavy (non-hydrogen) atoms. The van der Waals surface area contributed by atoms with Gasteiger partial charge in [-0.05, 0) is 30.7 Å². The molecule has 3 aromatic rings. The smallest absolute Gasteiger partial charge is 0.240 e. The number of thioether (sulfide) groups is 2. The number of anilines is 2. The Bertz CT molecular complexity index is 1160. The van der Waals surface area contributed by atoms with Crippen LogP contribution >= 0.6 is 23.5 Å². The van der Waals surface area contributed by atoms with Gasteiger partial charge in [-0.3, -0.25) is 19.4 Å². The summed E-state index contributed by atoms with van der Waals surface area (Å²) in [5.41, 5.74) is 2.98. The lowest BCUT2D eigenvalue weighted by atomic mass is 10.2. The number of carbonyl (C=O) groups is 2. The molecule has 1 aromatic heterocycles. The van der Waals surface area contributed by atoms with E-state index < -0.39 is 4.33 Å². The molecule has 0 saturated carbocycles. The predicted octanol–water partition coefficient (Wildman–Crippen LogP) is 4.62. The van der Waals surface area contributed by atoms with E-state index in [9.17, 15) is 9.59 Å². The van der Waals surface area contributed by atoms with Crippen molar-refractivity contribution < 1.29 is 14.1 Å². The van der Waals surface area contributed by atoms with Crippen LogP contribution in [0.5, 0.6) is 0 Å². The van der Waals surface area contributed by atoms with Gasteiger partial charge in [0.05, 0.1) is 11.5 Å². The lowest BCUT2D eigenvalue weighted by Gasteiger charge is -2.39. The quantitative estimate of drug-likeness (QED) is 0.579. The molecular weight excluding hydrogens is 430 g/mol. The van der Waals surface area contributed by atoms with Gasteiger partial charge in [-0.2, -0.15) is 0 Å². The van der Waals surface area contributed by atoms with Gasteiger partial charge in [0.2, 0.25) is 16.1 Å². The summed E-state index contributed by atoms with van der Waals surface area (Å²) in [5.74, 6) is 0.957. The molecule has 2 aromatic carbocycles. The van der Waals surface area contributed by atoms with Gasteiger partial charge < -0.3 is 4.52 Å². The molecule has 0 radical (unpaired) electrons. The highest BCUT2D eigenvalue weighted by Gasteiger charge is 2.59. The zero-order chi connectivity index (χ0) is 21.4. The van der Waals surface area contributed by atoms with E-state index in [1.54, 1.807) is 9.80 Å². The van der Waals surface area contributed by atoms with Crippen LogP contribution < -0.4 is 9.80 Å². The van der Waals surface area contributed by atoms with Crippen molar-refractivity contribution in [2.45, 2.75) is 11.3 Å². The minimum atomic E-state index is -0.902. The summed E-state index contributed by atoms with van der Waals surface area (Å²) >= 11 is 2.91. The number of benzene rings is 2. The lowest BCUT2D eigenvalue weighted by molar-refractivity contribution is -0.116. The average Bonchev–Trinajstić information content (AvgIpc) is 3.43. The van der Waals surface area contributed by atoms with Gasteiger partial charge in [-0.1, -0.05) is 83.3 Å². The Morgan fingerprint density at radius 3 is 2.19 bits per heavy atom. The Labute approximate surface area is 188 Å². The maximum absolute atomic E-state index is 13.2. The van der Waals surface area contributed by atoms with E-state index in [0.717, 1.165) is 11.3 Å². The highest BCUT2D eigenvalue weighted by Crippen LogP contribution is 2.55. The molecule has 0 N–H and O–H groups in total. The number of nitrogens with zero attached hydrogens (tertiary/aromatic N) is 3. The van der Waals surface area contributed by atoms with E-state index in [0.29, 0.717) is 22.9 Å². The van der Waals surface area contributed by atoms with Gasteiger partial charge in [-0.15, -0.1) is 0 Å². The normalized spacial score (nSPS) is 21.2. The molecule has 2 aliphatic heterocycles. The molecule has 2 amide bonds. The summed E-state index contributed by atoms with van der Waals surface area (Å²) in [4.78, 5) is 29.5.